The van der Waals surface area contributed by atoms with Gasteiger partial charge in [0.15, 0.2) is 0 Å². The summed E-state index contributed by atoms with van der Waals surface area (Å²) in [5.41, 5.74) is 19.6. The van der Waals surface area contributed by atoms with E-state index in [-0.39, 0.29) is 10.8 Å². The van der Waals surface area contributed by atoms with Gasteiger partial charge in [-0.1, -0.05) is 135 Å². The van der Waals surface area contributed by atoms with Crippen molar-refractivity contribution in [1.29, 1.82) is 0 Å². The minimum atomic E-state index is -0.826. The van der Waals surface area contributed by atoms with E-state index in [1.54, 1.807) is 0 Å². The molecule has 9 rings (SSSR count). The van der Waals surface area contributed by atoms with E-state index in [1.165, 1.54) is 110 Å². The van der Waals surface area contributed by atoms with Crippen molar-refractivity contribution in [3.05, 3.63) is 178 Å². The van der Waals surface area contributed by atoms with Crippen LogP contribution in [0.2, 0.25) is 0 Å². The van der Waals surface area contributed by atoms with Crippen molar-refractivity contribution in [3.63, 3.8) is 0 Å². The minimum Gasteiger partial charge on any atom is -0.184 e. The quantitative estimate of drug-likeness (QED) is 0.120. The Morgan fingerprint density at radius 2 is 0.933 bits per heavy atom. The predicted octanol–water partition coefficient (Wildman–Crippen LogP) is 15.4. The number of rotatable bonds is 2. The van der Waals surface area contributed by atoms with Crippen LogP contribution in [0.4, 0.5) is 0 Å². The number of fused-ring (bicyclic) bond motifs is 5. The molecule has 1 aliphatic heterocycles. The fourth-order valence-corrected chi connectivity index (χ4v) is 9.48. The molecule has 0 bridgehead atoms. The van der Waals surface area contributed by atoms with E-state index in [1.807, 2.05) is 6.07 Å². The van der Waals surface area contributed by atoms with E-state index >= 15 is 0 Å². The Morgan fingerprint density at radius 1 is 0.500 bits per heavy atom. The van der Waals surface area contributed by atoms with Crippen LogP contribution in [0.1, 0.15) is 86.1 Å². The molecule has 0 spiro atoms. The topological polar surface area (TPSA) is 0 Å². The molecule has 1 aliphatic rings. The van der Waals surface area contributed by atoms with Crippen molar-refractivity contribution in [2.24, 2.45) is 0 Å². The summed E-state index contributed by atoms with van der Waals surface area (Å²) in [6.45, 7) is 26.9. The number of aryl methyl sites for hydroxylation is 4. The molecule has 0 saturated heterocycles. The van der Waals surface area contributed by atoms with Crippen LogP contribution in [0, 0.1) is 47.6 Å². The molecular weight excluding hydrogens is 863 g/mol. The fraction of sp³-hybridized carbons (Fsp3) is 0.250. The van der Waals surface area contributed by atoms with Crippen LogP contribution < -0.4 is 10.4 Å². The molecule has 8 aromatic rings. The van der Waals surface area contributed by atoms with Crippen molar-refractivity contribution in [2.45, 2.75) is 93.9 Å². The van der Waals surface area contributed by atoms with Gasteiger partial charge in [-0.2, -0.15) is 41.6 Å². The molecule has 0 fully saturated rings. The first-order valence-corrected chi connectivity index (χ1v) is 28.1. The summed E-state index contributed by atoms with van der Waals surface area (Å²) in [4.78, 5) is 0. The van der Waals surface area contributed by atoms with Crippen LogP contribution in [0.3, 0.4) is 0 Å². The first-order chi connectivity index (χ1) is 28.4. The van der Waals surface area contributed by atoms with Crippen LogP contribution in [0.15, 0.2) is 127 Å². The molecular formula is C56H57Cl2SiZr-3. The molecule has 0 saturated carbocycles. The summed E-state index contributed by atoms with van der Waals surface area (Å²) in [7, 11) is 10.7. The van der Waals surface area contributed by atoms with Crippen LogP contribution in [0.5, 0.6) is 0 Å². The maximum absolute atomic E-state index is 4.93. The number of benzene rings is 6. The van der Waals surface area contributed by atoms with Crippen molar-refractivity contribution in [3.8, 4) is 33.4 Å². The molecule has 1 heterocycles. The Morgan fingerprint density at radius 3 is 1.40 bits per heavy atom. The predicted molar refractivity (Wildman–Crippen MR) is 263 cm³/mol. The van der Waals surface area contributed by atoms with Gasteiger partial charge in [0, 0.05) is 0 Å². The molecule has 0 aromatic heterocycles. The van der Waals surface area contributed by atoms with Gasteiger partial charge >= 0.3 is 37.9 Å². The van der Waals surface area contributed by atoms with Gasteiger partial charge in [-0.25, -0.2) is 0 Å². The number of halogens is 2. The van der Waals surface area contributed by atoms with Gasteiger partial charge in [-0.3, -0.25) is 0 Å². The molecule has 306 valence electrons. The third-order valence-electron chi connectivity index (χ3n) is 11.8. The average molecular weight is 920 g/mol. The van der Waals surface area contributed by atoms with Gasteiger partial charge in [-0.05, 0) is 85.8 Å². The van der Waals surface area contributed by atoms with Crippen LogP contribution in [-0.2, 0) is 31.7 Å². The summed E-state index contributed by atoms with van der Waals surface area (Å²) in [6, 6.07) is 50.1. The summed E-state index contributed by atoms with van der Waals surface area (Å²) in [6.07, 6.45) is 0. The zero-order chi connectivity index (χ0) is 43.5. The van der Waals surface area contributed by atoms with E-state index in [0.29, 0.717) is 0 Å². The second kappa shape index (κ2) is 19.1. The minimum absolute atomic E-state index is 0.188. The number of hydrogen-bond donors (Lipinski definition) is 0. The molecule has 0 aliphatic carbocycles. The first kappa shape index (κ1) is 45.7. The van der Waals surface area contributed by atoms with E-state index in [0.717, 1.165) is 9.52 Å². The summed E-state index contributed by atoms with van der Waals surface area (Å²) < 4.78 is 0. The second-order valence-electron chi connectivity index (χ2n) is 18.3. The van der Waals surface area contributed by atoms with Crippen molar-refractivity contribution in [2.75, 3.05) is 0 Å². The molecule has 0 N–H and O–H groups in total. The number of hydrogen-bond acceptors (Lipinski definition) is 0. The van der Waals surface area contributed by atoms with E-state index < -0.39 is 20.8 Å². The normalized spacial score (nSPS) is 11.8. The third-order valence-corrected chi connectivity index (χ3v) is 13.1. The Hall–Kier alpha value is -3.78. The standard InChI is InChI=1S/2C22H25.C12H7Si.2ClH.Zr/c2*1-14-10-15(2)16(3)20(11-14)19-9-7-8-17-12-18(13-21(17)19)22(4,5)6;1-3-7-11-9(5-1)10-6-2-4-8-12(10)13-11;;;/h2*7-13H,1-6H3;1-7H;2*1H;/q3*-1;;;+2/p-2. The Kier molecular flexibility index (Phi) is 14.6. The average Bonchev–Trinajstić information content (AvgIpc) is 3.94. The monoisotopic (exact) mass is 917 g/mol. The maximum atomic E-state index is 4.93. The van der Waals surface area contributed by atoms with Crippen LogP contribution in [0.25, 0.3) is 54.9 Å². The molecule has 0 nitrogen and oxygen atoms in total. The largest absolute Gasteiger partial charge is 0.184 e. The molecule has 4 heteroatoms. The van der Waals surface area contributed by atoms with Gasteiger partial charge in [0.05, 0.1) is 9.52 Å². The fourth-order valence-electron chi connectivity index (χ4n) is 8.17. The van der Waals surface area contributed by atoms with Crippen LogP contribution >= 0.6 is 17.0 Å². The second-order valence-corrected chi connectivity index (χ2v) is 23.3. The van der Waals surface area contributed by atoms with Crippen LogP contribution in [-0.4, -0.2) is 9.52 Å². The zero-order valence-corrected chi connectivity index (χ0v) is 42.4. The van der Waals surface area contributed by atoms with E-state index in [4.69, 9.17) is 17.0 Å². The van der Waals surface area contributed by atoms with Crippen molar-refractivity contribution in [1.82, 2.24) is 0 Å². The molecule has 0 amide bonds. The third kappa shape index (κ3) is 10.3. The first-order valence-electron chi connectivity index (χ1n) is 20.8. The SMILES string of the molecule is Cc1cc(C)c(C)c(-c2cccc3[cH-]c(C(C)(C)C)cc23)c1.Cc1cc(C)c(C)c(-c2cccc3[cH-]c(C(C)(C)C)cc23)c1.[Cl][Zr][Cl].[c-]1cccc2c1[Si]c1ccccc1-2. The summed E-state index contributed by atoms with van der Waals surface area (Å²) in [5.74, 6) is 0. The Balaban J connectivity index is 0.000000150. The molecule has 60 heavy (non-hydrogen) atoms. The maximum Gasteiger partial charge on any atom is 0.0920 e. The summed E-state index contributed by atoms with van der Waals surface area (Å²) >= 11 is -0.826. The van der Waals surface area contributed by atoms with E-state index in [2.05, 4.69) is 210 Å². The van der Waals surface area contributed by atoms with Crippen molar-refractivity contribution < 1.29 is 20.8 Å². The molecule has 2 radical (unpaired) electrons. The van der Waals surface area contributed by atoms with Gasteiger partial charge in [0.25, 0.3) is 0 Å². The molecule has 8 aromatic carbocycles. The van der Waals surface area contributed by atoms with Gasteiger partial charge in [0.2, 0.25) is 0 Å². The van der Waals surface area contributed by atoms with Gasteiger partial charge in [0.1, 0.15) is 0 Å². The molecule has 0 atom stereocenters. The zero-order valence-electron chi connectivity index (χ0n) is 37.4. The van der Waals surface area contributed by atoms with Crippen molar-refractivity contribution >= 4 is 58.5 Å². The van der Waals surface area contributed by atoms with E-state index in [9.17, 15) is 0 Å². The summed E-state index contributed by atoms with van der Waals surface area (Å²) in [5, 5.41) is 8.27. The van der Waals surface area contributed by atoms with Gasteiger partial charge in [-0.15, -0.1) is 74.6 Å². The smallest absolute Gasteiger partial charge is 0.0920 e. The Bertz CT molecular complexity index is 2580. The van der Waals surface area contributed by atoms with Gasteiger partial charge < -0.3 is 0 Å². The Labute approximate surface area is 381 Å². The molecule has 0 unspecified atom stereocenters.